The predicted octanol–water partition coefficient (Wildman–Crippen LogP) is -0.0406. The molecule has 2 unspecified atom stereocenters. The maximum atomic E-state index is 10.4. The molecule has 3 N–H and O–H groups in total. The number of nitrogens with zero attached hydrogens (tertiary/aromatic N) is 1. The van der Waals surface area contributed by atoms with Crippen LogP contribution in [-0.2, 0) is 0 Å². The second kappa shape index (κ2) is 5.92. The molecule has 0 aliphatic heterocycles. The maximum Gasteiger partial charge on any atom is 0.169 e. The van der Waals surface area contributed by atoms with Gasteiger partial charge in [0.15, 0.2) is 6.29 Å². The SMILES string of the molecule is CNCCC(O)C(O)c1nc(C=O)cs1. The van der Waals surface area contributed by atoms with E-state index in [1.165, 1.54) is 11.3 Å². The molecule has 0 saturated heterocycles. The van der Waals surface area contributed by atoms with Gasteiger partial charge in [0.2, 0.25) is 0 Å². The number of aliphatic hydroxyl groups is 2. The Bertz CT molecular complexity index is 316. The van der Waals surface area contributed by atoms with Gasteiger partial charge in [-0.15, -0.1) is 11.3 Å². The second-order valence-electron chi connectivity index (χ2n) is 3.13. The lowest BCUT2D eigenvalue weighted by Crippen LogP contribution is -2.23. The summed E-state index contributed by atoms with van der Waals surface area (Å²) in [6, 6.07) is 0. The minimum absolute atomic E-state index is 0.287. The van der Waals surface area contributed by atoms with Crippen molar-refractivity contribution in [1.29, 1.82) is 0 Å². The normalized spacial score (nSPS) is 14.9. The molecule has 0 aliphatic rings. The van der Waals surface area contributed by atoms with E-state index in [2.05, 4.69) is 10.3 Å². The van der Waals surface area contributed by atoms with Gasteiger partial charge in [0.05, 0.1) is 6.10 Å². The van der Waals surface area contributed by atoms with Gasteiger partial charge in [0, 0.05) is 5.38 Å². The van der Waals surface area contributed by atoms with E-state index in [0.717, 1.165) is 0 Å². The molecule has 0 saturated carbocycles. The summed E-state index contributed by atoms with van der Waals surface area (Å²) >= 11 is 1.17. The van der Waals surface area contributed by atoms with E-state index < -0.39 is 12.2 Å². The topological polar surface area (TPSA) is 82.4 Å². The molecule has 0 spiro atoms. The van der Waals surface area contributed by atoms with Gasteiger partial charge in [0.25, 0.3) is 0 Å². The summed E-state index contributed by atoms with van der Waals surface area (Å²) in [6.07, 6.45) is -0.819. The largest absolute Gasteiger partial charge is 0.390 e. The van der Waals surface area contributed by atoms with Crippen molar-refractivity contribution in [3.63, 3.8) is 0 Å². The zero-order valence-corrected chi connectivity index (χ0v) is 9.20. The Morgan fingerprint density at radius 1 is 1.67 bits per heavy atom. The molecule has 0 aromatic carbocycles. The van der Waals surface area contributed by atoms with Crippen LogP contribution in [0.2, 0.25) is 0 Å². The fourth-order valence-corrected chi connectivity index (χ4v) is 1.91. The van der Waals surface area contributed by atoms with E-state index in [4.69, 9.17) is 0 Å². The van der Waals surface area contributed by atoms with E-state index in [9.17, 15) is 15.0 Å². The molecular weight excluding hydrogens is 216 g/mol. The highest BCUT2D eigenvalue weighted by molar-refractivity contribution is 7.09. The first-order chi connectivity index (χ1) is 7.19. The van der Waals surface area contributed by atoms with Crippen LogP contribution in [0.4, 0.5) is 0 Å². The number of aromatic nitrogens is 1. The predicted molar refractivity (Wildman–Crippen MR) is 57.0 cm³/mol. The summed E-state index contributed by atoms with van der Waals surface area (Å²) in [6.45, 7) is 0.615. The third kappa shape index (κ3) is 3.35. The van der Waals surface area contributed by atoms with Crippen LogP contribution in [0, 0.1) is 0 Å². The first kappa shape index (κ1) is 12.3. The lowest BCUT2D eigenvalue weighted by molar-refractivity contribution is 0.0138. The third-order valence-corrected chi connectivity index (χ3v) is 2.90. The number of aldehydes is 1. The molecule has 1 aromatic heterocycles. The van der Waals surface area contributed by atoms with Gasteiger partial charge in [-0.3, -0.25) is 4.79 Å². The Hall–Kier alpha value is -0.820. The second-order valence-corrected chi connectivity index (χ2v) is 4.02. The molecule has 6 heteroatoms. The lowest BCUT2D eigenvalue weighted by atomic mass is 10.1. The summed E-state index contributed by atoms with van der Waals surface area (Å²) in [5.41, 5.74) is 0.287. The highest BCUT2D eigenvalue weighted by atomic mass is 32.1. The van der Waals surface area contributed by atoms with Crippen LogP contribution in [0.1, 0.15) is 28.0 Å². The molecule has 2 atom stereocenters. The van der Waals surface area contributed by atoms with E-state index >= 15 is 0 Å². The molecule has 0 aliphatic carbocycles. The quantitative estimate of drug-likeness (QED) is 0.597. The van der Waals surface area contributed by atoms with Gasteiger partial charge in [0.1, 0.15) is 16.8 Å². The Labute approximate surface area is 91.8 Å². The van der Waals surface area contributed by atoms with Crippen molar-refractivity contribution in [2.24, 2.45) is 0 Å². The molecule has 1 aromatic rings. The van der Waals surface area contributed by atoms with Gasteiger partial charge in [-0.25, -0.2) is 4.98 Å². The van der Waals surface area contributed by atoms with Crippen molar-refractivity contribution < 1.29 is 15.0 Å². The molecule has 0 amide bonds. The van der Waals surface area contributed by atoms with Crippen LogP contribution in [0.15, 0.2) is 5.38 Å². The van der Waals surface area contributed by atoms with Crippen LogP contribution >= 0.6 is 11.3 Å². The molecule has 0 bridgehead atoms. The third-order valence-electron chi connectivity index (χ3n) is 1.97. The average Bonchev–Trinajstić information content (AvgIpc) is 2.73. The maximum absolute atomic E-state index is 10.4. The number of carbonyl (C=O) groups is 1. The minimum Gasteiger partial charge on any atom is -0.390 e. The number of hydrogen-bond acceptors (Lipinski definition) is 6. The Kier molecular flexibility index (Phi) is 4.83. The summed E-state index contributed by atoms with van der Waals surface area (Å²) in [5, 5.41) is 24.1. The summed E-state index contributed by atoms with van der Waals surface area (Å²) < 4.78 is 0. The minimum atomic E-state index is -1.02. The van der Waals surface area contributed by atoms with Gasteiger partial charge >= 0.3 is 0 Å². The number of hydrogen-bond donors (Lipinski definition) is 3. The Morgan fingerprint density at radius 2 is 2.40 bits per heavy atom. The van der Waals surface area contributed by atoms with E-state index in [-0.39, 0.29) is 5.69 Å². The van der Waals surface area contributed by atoms with Crippen LogP contribution in [0.25, 0.3) is 0 Å². The van der Waals surface area contributed by atoms with Crippen LogP contribution in [0.5, 0.6) is 0 Å². The standard InChI is InChI=1S/C9H14N2O3S/c1-10-3-2-7(13)8(14)9-11-6(4-12)5-15-9/h4-5,7-8,10,13-14H,2-3H2,1H3. The number of thiazole rings is 1. The van der Waals surface area contributed by atoms with Crippen molar-refractivity contribution >= 4 is 17.6 Å². The summed E-state index contributed by atoms with van der Waals surface area (Å²) in [7, 11) is 1.77. The smallest absolute Gasteiger partial charge is 0.169 e. The molecular formula is C9H14N2O3S. The fourth-order valence-electron chi connectivity index (χ4n) is 1.11. The molecule has 1 rings (SSSR count). The highest BCUT2D eigenvalue weighted by Gasteiger charge is 2.20. The van der Waals surface area contributed by atoms with Crippen LogP contribution < -0.4 is 5.32 Å². The number of rotatable bonds is 6. The highest BCUT2D eigenvalue weighted by Crippen LogP contribution is 2.21. The van der Waals surface area contributed by atoms with Crippen LogP contribution in [-0.4, -0.2) is 41.2 Å². The molecule has 0 fully saturated rings. The van der Waals surface area contributed by atoms with E-state index in [1.807, 2.05) is 0 Å². The zero-order chi connectivity index (χ0) is 11.3. The van der Waals surface area contributed by atoms with Crippen LogP contribution in [0.3, 0.4) is 0 Å². The molecule has 5 nitrogen and oxygen atoms in total. The monoisotopic (exact) mass is 230 g/mol. The van der Waals surface area contributed by atoms with Crippen molar-refractivity contribution in [2.45, 2.75) is 18.6 Å². The number of nitrogens with one attached hydrogen (secondary N) is 1. The first-order valence-electron chi connectivity index (χ1n) is 4.60. The molecule has 84 valence electrons. The fraction of sp³-hybridized carbons (Fsp3) is 0.556. The Balaban J connectivity index is 2.58. The van der Waals surface area contributed by atoms with Crippen molar-refractivity contribution in [3.8, 4) is 0 Å². The lowest BCUT2D eigenvalue weighted by Gasteiger charge is -2.14. The molecule has 1 heterocycles. The van der Waals surface area contributed by atoms with Crippen molar-refractivity contribution in [2.75, 3.05) is 13.6 Å². The Morgan fingerprint density at radius 3 is 2.93 bits per heavy atom. The van der Waals surface area contributed by atoms with Gasteiger partial charge in [-0.2, -0.15) is 0 Å². The molecule has 15 heavy (non-hydrogen) atoms. The van der Waals surface area contributed by atoms with Gasteiger partial charge in [-0.05, 0) is 20.0 Å². The van der Waals surface area contributed by atoms with Gasteiger partial charge in [-0.1, -0.05) is 0 Å². The average molecular weight is 230 g/mol. The number of carbonyl (C=O) groups excluding carboxylic acids is 1. The van der Waals surface area contributed by atoms with E-state index in [1.54, 1.807) is 12.4 Å². The first-order valence-corrected chi connectivity index (χ1v) is 5.48. The summed E-state index contributed by atoms with van der Waals surface area (Å²) in [5.74, 6) is 0. The molecule has 0 radical (unpaired) electrons. The van der Waals surface area contributed by atoms with E-state index in [0.29, 0.717) is 24.3 Å². The summed E-state index contributed by atoms with van der Waals surface area (Å²) in [4.78, 5) is 14.3. The van der Waals surface area contributed by atoms with Crippen molar-refractivity contribution in [1.82, 2.24) is 10.3 Å². The number of aliphatic hydroxyl groups excluding tert-OH is 2. The van der Waals surface area contributed by atoms with Crippen molar-refractivity contribution in [3.05, 3.63) is 16.1 Å². The zero-order valence-electron chi connectivity index (χ0n) is 8.38. The van der Waals surface area contributed by atoms with Gasteiger partial charge < -0.3 is 15.5 Å².